The Hall–Kier alpha value is -0.995. The maximum atomic E-state index is 11.0. The van der Waals surface area contributed by atoms with Crippen LogP contribution in [-0.2, 0) is 9.59 Å². The first-order valence-electron chi connectivity index (χ1n) is 3.58. The van der Waals surface area contributed by atoms with Crippen molar-refractivity contribution in [1.82, 2.24) is 5.32 Å². The highest BCUT2D eigenvalue weighted by molar-refractivity contribution is 6.23. The summed E-state index contributed by atoms with van der Waals surface area (Å²) in [5, 5.41) is 10.9. The molecule has 0 aliphatic carbocycles. The first kappa shape index (κ1) is 11.0. The van der Waals surface area contributed by atoms with E-state index in [-0.39, 0.29) is 0 Å². The number of amides is 1. The first-order valence-corrected chi connectivity index (χ1v) is 3.58. The fourth-order valence-electron chi connectivity index (χ4n) is 0.475. The van der Waals surface area contributed by atoms with Crippen molar-refractivity contribution in [1.29, 1.82) is 0 Å². The van der Waals surface area contributed by atoms with E-state index in [1.165, 1.54) is 20.8 Å². The fraction of sp³-hybridized carbons (Fsp3) is 0.714. The Balaban J connectivity index is 4.25. The van der Waals surface area contributed by atoms with Gasteiger partial charge < -0.3 is 10.4 Å². The second-order valence-corrected chi connectivity index (χ2v) is 3.21. The molecule has 1 unspecified atom stereocenters. The molecular formula is C7H12BNO3. The average molecular weight is 169 g/mol. The molecule has 0 aliphatic rings. The quantitative estimate of drug-likeness (QED) is 0.581. The van der Waals surface area contributed by atoms with Crippen LogP contribution >= 0.6 is 0 Å². The van der Waals surface area contributed by atoms with Gasteiger partial charge in [-0.15, -0.1) is 0 Å². The molecule has 1 amide bonds. The van der Waals surface area contributed by atoms with E-state index >= 15 is 0 Å². The van der Waals surface area contributed by atoms with Gasteiger partial charge in [-0.1, -0.05) is 6.92 Å². The lowest BCUT2D eigenvalue weighted by Crippen LogP contribution is -2.50. The summed E-state index contributed by atoms with van der Waals surface area (Å²) in [7, 11) is 5.24. The molecule has 0 aliphatic heterocycles. The smallest absolute Gasteiger partial charge is 0.328 e. The van der Waals surface area contributed by atoms with E-state index in [0.717, 1.165) is 0 Å². The third-order valence-corrected chi connectivity index (χ3v) is 1.38. The largest absolute Gasteiger partial charge is 0.480 e. The van der Waals surface area contributed by atoms with Crippen LogP contribution in [0.2, 0.25) is 5.82 Å². The fourth-order valence-corrected chi connectivity index (χ4v) is 0.475. The van der Waals surface area contributed by atoms with Crippen LogP contribution in [0.15, 0.2) is 0 Å². The molecule has 0 heterocycles. The molecule has 0 fully saturated rings. The number of carbonyl (C=O) groups excluding carboxylic acids is 1. The highest BCUT2D eigenvalue weighted by Gasteiger charge is 2.29. The first-order chi connectivity index (χ1) is 5.27. The summed E-state index contributed by atoms with van der Waals surface area (Å²) in [4.78, 5) is 21.5. The molecular weight excluding hydrogens is 157 g/mol. The van der Waals surface area contributed by atoms with Crippen molar-refractivity contribution >= 4 is 19.7 Å². The Morgan fingerprint density at radius 1 is 1.50 bits per heavy atom. The summed E-state index contributed by atoms with van der Waals surface area (Å²) in [5.41, 5.74) is -1.26. The molecule has 0 aromatic heterocycles. The number of rotatable bonds is 3. The van der Waals surface area contributed by atoms with E-state index in [4.69, 9.17) is 13.0 Å². The molecule has 2 radical (unpaired) electrons. The lowest BCUT2D eigenvalue weighted by molar-refractivity contribution is -0.145. The third kappa shape index (κ3) is 2.94. The van der Waals surface area contributed by atoms with Crippen molar-refractivity contribution < 1.29 is 14.7 Å². The molecule has 4 nitrogen and oxygen atoms in total. The molecule has 5 heteroatoms. The van der Waals surface area contributed by atoms with Crippen molar-refractivity contribution in [3.05, 3.63) is 0 Å². The van der Waals surface area contributed by atoms with Gasteiger partial charge in [0, 0.05) is 0 Å². The molecule has 0 saturated carbocycles. The minimum atomic E-state index is -1.26. The van der Waals surface area contributed by atoms with Gasteiger partial charge in [0.05, 0.1) is 7.85 Å². The summed E-state index contributed by atoms with van der Waals surface area (Å²) in [6.45, 7) is 4.29. The average Bonchev–Trinajstić information content (AvgIpc) is 1.85. The number of hydrogen-bond acceptors (Lipinski definition) is 2. The summed E-state index contributed by atoms with van der Waals surface area (Å²) >= 11 is 0. The molecule has 1 atom stereocenters. The van der Waals surface area contributed by atoms with Gasteiger partial charge in [-0.3, -0.25) is 4.79 Å². The van der Waals surface area contributed by atoms with Crippen LogP contribution in [0, 0.1) is 0 Å². The number of nitrogens with one attached hydrogen (secondary N) is 1. The molecule has 0 saturated heterocycles. The van der Waals surface area contributed by atoms with E-state index in [0.29, 0.717) is 0 Å². The lowest BCUT2D eigenvalue weighted by atomic mass is 9.88. The van der Waals surface area contributed by atoms with Gasteiger partial charge in [0.2, 0.25) is 5.91 Å². The second kappa shape index (κ2) is 3.60. The molecule has 0 aromatic rings. The van der Waals surface area contributed by atoms with Crippen molar-refractivity contribution in [2.24, 2.45) is 0 Å². The summed E-state index contributed by atoms with van der Waals surface area (Å²) in [6.07, 6.45) is 0. The lowest BCUT2D eigenvalue weighted by Gasteiger charge is -2.22. The third-order valence-electron chi connectivity index (χ3n) is 1.38. The molecule has 2 N–H and O–H groups in total. The van der Waals surface area contributed by atoms with Gasteiger partial charge in [0.25, 0.3) is 0 Å². The van der Waals surface area contributed by atoms with Crippen molar-refractivity contribution in [3.63, 3.8) is 0 Å². The van der Waals surface area contributed by atoms with Crippen molar-refractivity contribution in [3.8, 4) is 0 Å². The van der Waals surface area contributed by atoms with E-state index in [1.807, 2.05) is 0 Å². The number of carbonyl (C=O) groups is 2. The zero-order valence-electron chi connectivity index (χ0n) is 7.42. The summed E-state index contributed by atoms with van der Waals surface area (Å²) in [6, 6.07) is 0. The van der Waals surface area contributed by atoms with Crippen LogP contribution in [0.5, 0.6) is 0 Å². The van der Waals surface area contributed by atoms with Crippen LogP contribution in [0.4, 0.5) is 0 Å². The number of aliphatic carboxylic acids is 1. The van der Waals surface area contributed by atoms with E-state index in [2.05, 4.69) is 5.32 Å². The molecule has 0 spiro atoms. The monoisotopic (exact) mass is 169 g/mol. The Bertz CT molecular complexity index is 201. The van der Waals surface area contributed by atoms with E-state index < -0.39 is 23.2 Å². The minimum absolute atomic E-state index is 0.470. The van der Waals surface area contributed by atoms with Crippen LogP contribution < -0.4 is 5.32 Å². The molecule has 0 rings (SSSR count). The zero-order chi connectivity index (χ0) is 9.94. The number of carboxylic acids is 1. The zero-order valence-corrected chi connectivity index (χ0v) is 7.42. The predicted octanol–water partition coefficient (Wildman–Crippen LogP) is -0.0573. The van der Waals surface area contributed by atoms with E-state index in [9.17, 15) is 9.59 Å². The molecule has 12 heavy (non-hydrogen) atoms. The standard InChI is InChI=1S/C7H12BNO3/c1-4(8)5(10)9-7(2,3)6(11)12/h4H,1-3H3,(H,9,10)(H,11,12). The minimum Gasteiger partial charge on any atom is -0.480 e. The highest BCUT2D eigenvalue weighted by Crippen LogP contribution is 2.05. The Kier molecular flexibility index (Phi) is 3.30. The van der Waals surface area contributed by atoms with Crippen LogP contribution in [0.1, 0.15) is 20.8 Å². The van der Waals surface area contributed by atoms with Crippen LogP contribution in [0.25, 0.3) is 0 Å². The predicted molar refractivity (Wildman–Crippen MR) is 45.0 cm³/mol. The maximum Gasteiger partial charge on any atom is 0.328 e. The number of hydrogen-bond donors (Lipinski definition) is 2. The van der Waals surface area contributed by atoms with Gasteiger partial charge in [-0.25, -0.2) is 4.79 Å². The van der Waals surface area contributed by atoms with Crippen molar-refractivity contribution in [2.45, 2.75) is 32.1 Å². The summed E-state index contributed by atoms with van der Waals surface area (Å²) in [5.74, 6) is -2.25. The maximum absolute atomic E-state index is 11.0. The highest BCUT2D eigenvalue weighted by atomic mass is 16.4. The SMILES string of the molecule is [B]C(C)C(=O)NC(C)(C)C(=O)O. The molecule has 0 aromatic carbocycles. The van der Waals surface area contributed by atoms with Gasteiger partial charge in [-0.2, -0.15) is 0 Å². The van der Waals surface area contributed by atoms with Gasteiger partial charge in [-0.05, 0) is 19.7 Å². The van der Waals surface area contributed by atoms with Gasteiger partial charge in [0.15, 0.2) is 0 Å². The normalized spacial score (nSPS) is 13.6. The molecule has 0 bridgehead atoms. The molecule has 66 valence electrons. The number of carboxylic acid groups (broad SMARTS) is 1. The summed E-state index contributed by atoms with van der Waals surface area (Å²) < 4.78 is 0. The second-order valence-electron chi connectivity index (χ2n) is 3.21. The van der Waals surface area contributed by atoms with Crippen LogP contribution in [-0.4, -0.2) is 30.4 Å². The van der Waals surface area contributed by atoms with Gasteiger partial charge >= 0.3 is 5.97 Å². The van der Waals surface area contributed by atoms with E-state index in [1.54, 1.807) is 0 Å². The Morgan fingerprint density at radius 2 is 1.92 bits per heavy atom. The Labute approximate surface area is 72.7 Å². The van der Waals surface area contributed by atoms with Crippen LogP contribution in [0.3, 0.4) is 0 Å². The van der Waals surface area contributed by atoms with Crippen molar-refractivity contribution in [2.75, 3.05) is 0 Å². The Morgan fingerprint density at radius 3 is 2.17 bits per heavy atom. The van der Waals surface area contributed by atoms with Gasteiger partial charge in [0.1, 0.15) is 5.54 Å². The topological polar surface area (TPSA) is 66.4 Å².